The zero-order valence-corrected chi connectivity index (χ0v) is 13.7. The van der Waals surface area contributed by atoms with Gasteiger partial charge in [0.05, 0.1) is 12.6 Å². The van der Waals surface area contributed by atoms with E-state index in [0.717, 1.165) is 0 Å². The van der Waals surface area contributed by atoms with Crippen molar-refractivity contribution in [1.82, 2.24) is 5.32 Å². The van der Waals surface area contributed by atoms with Crippen molar-refractivity contribution in [1.29, 1.82) is 0 Å². The van der Waals surface area contributed by atoms with Gasteiger partial charge in [-0.3, -0.25) is 0 Å². The normalized spacial score (nSPS) is 29.3. The fourth-order valence-electron chi connectivity index (χ4n) is 2.51. The molecule has 8 heteroatoms. The first-order valence-corrected chi connectivity index (χ1v) is 8.39. The molecular weight excluding hydrogens is 317 g/mol. The van der Waals surface area contributed by atoms with E-state index in [9.17, 15) is 14.4 Å². The number of halogens is 1. The predicted octanol–water partition coefficient (Wildman–Crippen LogP) is 2.39. The molecule has 2 rings (SSSR count). The Labute approximate surface area is 128 Å². The van der Waals surface area contributed by atoms with Crippen molar-refractivity contribution in [2.75, 3.05) is 6.61 Å². The Hall–Kier alpha value is -0.460. The van der Waals surface area contributed by atoms with Gasteiger partial charge in [-0.1, -0.05) is 23.7 Å². The molecule has 0 bridgehead atoms. The number of ether oxygens (including phenoxy) is 1. The van der Waals surface area contributed by atoms with Crippen molar-refractivity contribution in [3.05, 3.63) is 34.9 Å². The van der Waals surface area contributed by atoms with Crippen molar-refractivity contribution in [2.24, 2.45) is 0 Å². The number of morpholine rings is 1. The predicted molar refractivity (Wildman–Crippen MR) is 78.9 cm³/mol. The Balaban J connectivity index is 2.48. The lowest BCUT2D eigenvalue weighted by Crippen LogP contribution is -2.63. The van der Waals surface area contributed by atoms with Crippen molar-refractivity contribution in [2.45, 2.75) is 38.1 Å². The Morgan fingerprint density at radius 3 is 2.67 bits per heavy atom. The summed E-state index contributed by atoms with van der Waals surface area (Å²) in [5.41, 5.74) is 0.119. The Kier molecular flexibility index (Phi) is 4.53. The molecule has 0 radical (unpaired) electrons. The summed E-state index contributed by atoms with van der Waals surface area (Å²) in [6.07, 6.45) is 0. The van der Waals surface area contributed by atoms with Crippen LogP contribution in [-0.2, 0) is 19.6 Å². The minimum atomic E-state index is -4.77. The summed E-state index contributed by atoms with van der Waals surface area (Å²) in [5, 5.41) is 3.68. The smallest absolute Gasteiger partial charge is 0.342 e. The standard InChI is InChI=1S/C13H19ClNO5P/c1-9-13(20-21(16,17)18,19-8-12(2,3)15-9)10-5-4-6-11(14)7-10/h4-7,9,15H,8H2,1-3H3,(H2,16,17,18)/t9-,13+/m0/s1. The van der Waals surface area contributed by atoms with Gasteiger partial charge < -0.3 is 19.8 Å². The fourth-order valence-corrected chi connectivity index (χ4v) is 3.37. The SMILES string of the molecule is C[C@@H]1NC(C)(C)CO[C@]1(OP(=O)(O)O)c1cccc(Cl)c1. The Morgan fingerprint density at radius 1 is 1.48 bits per heavy atom. The van der Waals surface area contributed by atoms with Crippen molar-refractivity contribution >= 4 is 19.4 Å². The molecule has 1 heterocycles. The number of hydrogen-bond acceptors (Lipinski definition) is 4. The summed E-state index contributed by atoms with van der Waals surface area (Å²) in [7, 11) is -4.77. The van der Waals surface area contributed by atoms with Crippen molar-refractivity contribution in [3.63, 3.8) is 0 Å². The first-order valence-electron chi connectivity index (χ1n) is 6.48. The van der Waals surface area contributed by atoms with Crippen LogP contribution in [0, 0.1) is 0 Å². The molecule has 118 valence electrons. The van der Waals surface area contributed by atoms with Gasteiger partial charge in [-0.15, -0.1) is 0 Å². The summed E-state index contributed by atoms with van der Waals surface area (Å²) in [6.45, 7) is 5.84. The molecule has 6 nitrogen and oxygen atoms in total. The van der Waals surface area contributed by atoms with Gasteiger partial charge in [0, 0.05) is 16.1 Å². The molecule has 21 heavy (non-hydrogen) atoms. The largest absolute Gasteiger partial charge is 0.472 e. The average molecular weight is 336 g/mol. The molecule has 0 amide bonds. The molecule has 0 saturated carbocycles. The minimum absolute atomic E-state index is 0.226. The first kappa shape index (κ1) is 16.9. The highest BCUT2D eigenvalue weighted by atomic mass is 35.5. The number of hydrogen-bond donors (Lipinski definition) is 3. The van der Waals surface area contributed by atoms with Crippen LogP contribution in [0.2, 0.25) is 5.02 Å². The third-order valence-corrected chi connectivity index (χ3v) is 4.05. The highest BCUT2D eigenvalue weighted by Crippen LogP contribution is 2.49. The summed E-state index contributed by atoms with van der Waals surface area (Å²) in [6, 6.07) is 6.10. The van der Waals surface area contributed by atoms with E-state index in [1.165, 1.54) is 0 Å². The molecule has 1 aliphatic rings. The highest BCUT2D eigenvalue weighted by molar-refractivity contribution is 7.46. The fraction of sp³-hybridized carbons (Fsp3) is 0.538. The second kappa shape index (κ2) is 5.63. The van der Waals surface area contributed by atoms with Crippen LogP contribution in [0.4, 0.5) is 0 Å². The maximum absolute atomic E-state index is 11.4. The lowest BCUT2D eigenvalue weighted by Gasteiger charge is -2.48. The van der Waals surface area contributed by atoms with E-state index in [4.69, 9.17) is 20.9 Å². The average Bonchev–Trinajstić information content (AvgIpc) is 2.31. The van der Waals surface area contributed by atoms with Crippen LogP contribution in [0.15, 0.2) is 24.3 Å². The van der Waals surface area contributed by atoms with Crippen molar-refractivity contribution in [3.8, 4) is 0 Å². The molecule has 1 saturated heterocycles. The van der Waals surface area contributed by atoms with Crippen LogP contribution in [0.1, 0.15) is 26.3 Å². The van der Waals surface area contributed by atoms with Gasteiger partial charge in [0.1, 0.15) is 0 Å². The van der Waals surface area contributed by atoms with Gasteiger partial charge in [-0.2, -0.15) is 0 Å². The summed E-state index contributed by atoms with van der Waals surface area (Å²) in [5.74, 6) is -1.60. The maximum atomic E-state index is 11.4. The minimum Gasteiger partial charge on any atom is -0.342 e. The van der Waals surface area contributed by atoms with Crippen LogP contribution in [0.3, 0.4) is 0 Å². The zero-order chi connectivity index (χ0) is 15.9. The molecule has 0 unspecified atom stereocenters. The van der Waals surface area contributed by atoms with Gasteiger partial charge in [0.25, 0.3) is 0 Å². The summed E-state index contributed by atoms with van der Waals surface area (Å²) < 4.78 is 22.2. The second-order valence-corrected chi connectivity index (χ2v) is 7.40. The van der Waals surface area contributed by atoms with E-state index in [1.807, 2.05) is 13.8 Å². The van der Waals surface area contributed by atoms with Gasteiger partial charge in [0.15, 0.2) is 0 Å². The number of phosphoric ester groups is 1. The van der Waals surface area contributed by atoms with Crippen molar-refractivity contribution < 1.29 is 23.6 Å². The van der Waals surface area contributed by atoms with E-state index < -0.39 is 19.7 Å². The lowest BCUT2D eigenvalue weighted by molar-refractivity contribution is -0.252. The lowest BCUT2D eigenvalue weighted by atomic mass is 9.92. The van der Waals surface area contributed by atoms with Gasteiger partial charge in [0.2, 0.25) is 5.79 Å². The van der Waals surface area contributed by atoms with Crippen LogP contribution >= 0.6 is 19.4 Å². The van der Waals surface area contributed by atoms with E-state index >= 15 is 0 Å². The summed E-state index contributed by atoms with van der Waals surface area (Å²) >= 11 is 5.98. The topological polar surface area (TPSA) is 88.0 Å². The first-order chi connectivity index (χ1) is 9.54. The van der Waals surface area contributed by atoms with E-state index in [-0.39, 0.29) is 12.1 Å². The molecule has 1 aromatic rings. The van der Waals surface area contributed by atoms with Gasteiger partial charge in [-0.05, 0) is 32.9 Å². The molecule has 3 N–H and O–H groups in total. The maximum Gasteiger partial charge on any atom is 0.472 e. The third kappa shape index (κ3) is 3.85. The molecule has 1 fully saturated rings. The third-order valence-electron chi connectivity index (χ3n) is 3.31. The molecule has 0 aromatic heterocycles. The highest BCUT2D eigenvalue weighted by Gasteiger charge is 2.51. The number of rotatable bonds is 3. The molecule has 1 aliphatic heterocycles. The number of nitrogens with one attached hydrogen (secondary N) is 1. The van der Waals surface area contributed by atoms with Crippen LogP contribution in [0.25, 0.3) is 0 Å². The van der Waals surface area contributed by atoms with E-state index in [0.29, 0.717) is 10.6 Å². The van der Waals surface area contributed by atoms with E-state index in [1.54, 1.807) is 31.2 Å². The molecule has 2 atom stereocenters. The Bertz CT molecular complexity index is 575. The van der Waals surface area contributed by atoms with Crippen LogP contribution < -0.4 is 5.32 Å². The molecule has 1 aromatic carbocycles. The number of phosphoric acid groups is 1. The van der Waals surface area contributed by atoms with Gasteiger partial charge >= 0.3 is 7.82 Å². The number of benzene rings is 1. The van der Waals surface area contributed by atoms with Crippen LogP contribution in [0.5, 0.6) is 0 Å². The van der Waals surface area contributed by atoms with Gasteiger partial charge in [-0.25, -0.2) is 9.09 Å². The summed E-state index contributed by atoms with van der Waals surface area (Å²) in [4.78, 5) is 18.5. The second-order valence-electron chi connectivity index (χ2n) is 5.80. The molecule has 0 aliphatic carbocycles. The Morgan fingerprint density at radius 2 is 2.14 bits per heavy atom. The quantitative estimate of drug-likeness (QED) is 0.735. The van der Waals surface area contributed by atoms with Crippen LogP contribution in [-0.4, -0.2) is 28.0 Å². The monoisotopic (exact) mass is 335 g/mol. The molecular formula is C13H19ClNO5P. The molecule has 0 spiro atoms. The van der Waals surface area contributed by atoms with E-state index in [2.05, 4.69) is 5.32 Å². The zero-order valence-electron chi connectivity index (χ0n) is 12.0.